The van der Waals surface area contributed by atoms with E-state index in [1.165, 1.54) is 11.6 Å². The number of likely N-dealkylation sites (N-methyl/N-ethyl adjacent to an activating group) is 1. The van der Waals surface area contributed by atoms with Gasteiger partial charge in [0.15, 0.2) is 5.69 Å². The fourth-order valence-corrected chi connectivity index (χ4v) is 3.66. The van der Waals surface area contributed by atoms with Crippen LogP contribution in [0.2, 0.25) is 0 Å². The molecular weight excluding hydrogens is 369 g/mol. The van der Waals surface area contributed by atoms with Crippen molar-refractivity contribution in [2.24, 2.45) is 0 Å². The Labute approximate surface area is 162 Å². The van der Waals surface area contributed by atoms with E-state index >= 15 is 0 Å². The highest BCUT2D eigenvalue weighted by molar-refractivity contribution is 5.96. The predicted octanol–water partition coefficient (Wildman–Crippen LogP) is 3.72. The van der Waals surface area contributed by atoms with Crippen LogP contribution in [0.25, 0.3) is 0 Å². The molecule has 5 nitrogen and oxygen atoms in total. The molecule has 152 valence electrons. The lowest BCUT2D eigenvalue weighted by Gasteiger charge is -2.30. The smallest absolute Gasteiger partial charge is 0.348 e. The molecule has 28 heavy (non-hydrogen) atoms. The van der Waals surface area contributed by atoms with Crippen LogP contribution in [0.1, 0.15) is 51.8 Å². The monoisotopic (exact) mass is 394 g/mol. The minimum absolute atomic E-state index is 0.160. The molecule has 1 saturated heterocycles. The molecule has 0 aliphatic carbocycles. The molecule has 8 heteroatoms. The Morgan fingerprint density at radius 3 is 2.54 bits per heavy atom. The van der Waals surface area contributed by atoms with Crippen LogP contribution >= 0.6 is 0 Å². The highest BCUT2D eigenvalue weighted by Crippen LogP contribution is 2.34. The lowest BCUT2D eigenvalue weighted by Crippen LogP contribution is -2.34. The molecular formula is C20H25F3N4O. The SMILES string of the molecule is Cc1ccc(CNC(=O)c2c(C(F)(F)F)nn(C3CCCN(C)C3)c2C)cc1. The van der Waals surface area contributed by atoms with Crippen LogP contribution in [-0.4, -0.2) is 40.7 Å². The number of carbonyl (C=O) groups is 1. The Morgan fingerprint density at radius 2 is 1.93 bits per heavy atom. The Kier molecular flexibility index (Phi) is 5.79. The number of alkyl halides is 3. The van der Waals surface area contributed by atoms with Gasteiger partial charge < -0.3 is 10.2 Å². The number of likely N-dealkylation sites (tertiary alicyclic amines) is 1. The van der Waals surface area contributed by atoms with E-state index in [1.54, 1.807) is 0 Å². The minimum atomic E-state index is -4.69. The Hall–Kier alpha value is -2.35. The number of amides is 1. The summed E-state index contributed by atoms with van der Waals surface area (Å²) in [6.45, 7) is 5.17. The van der Waals surface area contributed by atoms with Crippen LogP contribution in [0.15, 0.2) is 24.3 Å². The van der Waals surface area contributed by atoms with Crippen molar-refractivity contribution in [3.63, 3.8) is 0 Å². The third-order valence-electron chi connectivity index (χ3n) is 5.16. The Morgan fingerprint density at radius 1 is 1.25 bits per heavy atom. The van der Waals surface area contributed by atoms with Crippen molar-refractivity contribution in [3.8, 4) is 0 Å². The zero-order chi connectivity index (χ0) is 20.5. The number of nitrogens with one attached hydrogen (secondary N) is 1. The van der Waals surface area contributed by atoms with E-state index in [-0.39, 0.29) is 23.8 Å². The number of aryl methyl sites for hydroxylation is 1. The van der Waals surface area contributed by atoms with Gasteiger partial charge in [-0.3, -0.25) is 9.48 Å². The zero-order valence-corrected chi connectivity index (χ0v) is 16.3. The van der Waals surface area contributed by atoms with Crippen LogP contribution in [0.3, 0.4) is 0 Å². The standard InChI is InChI=1S/C20H25F3N4O/c1-13-6-8-15(9-7-13)11-24-19(28)17-14(2)27(25-18(17)20(21,22)23)16-5-4-10-26(3)12-16/h6-9,16H,4-5,10-12H2,1-3H3,(H,24,28). The van der Waals surface area contributed by atoms with E-state index in [4.69, 9.17) is 0 Å². The topological polar surface area (TPSA) is 50.2 Å². The Bertz CT molecular complexity index is 842. The van der Waals surface area contributed by atoms with E-state index in [9.17, 15) is 18.0 Å². The summed E-state index contributed by atoms with van der Waals surface area (Å²) < 4.78 is 42.2. The normalized spacial score (nSPS) is 18.3. The zero-order valence-electron chi connectivity index (χ0n) is 16.3. The quantitative estimate of drug-likeness (QED) is 0.860. The van der Waals surface area contributed by atoms with Crippen molar-refractivity contribution in [2.45, 2.75) is 45.5 Å². The molecule has 1 aliphatic rings. The molecule has 1 aromatic heterocycles. The van der Waals surface area contributed by atoms with Gasteiger partial charge in [0.1, 0.15) is 0 Å². The van der Waals surface area contributed by atoms with Crippen molar-refractivity contribution >= 4 is 5.91 Å². The van der Waals surface area contributed by atoms with Crippen LogP contribution in [-0.2, 0) is 12.7 Å². The molecule has 3 rings (SSSR count). The number of nitrogens with zero attached hydrogens (tertiary/aromatic N) is 3. The molecule has 1 aliphatic heterocycles. The molecule has 0 bridgehead atoms. The van der Waals surface area contributed by atoms with Gasteiger partial charge in [0.25, 0.3) is 5.91 Å². The van der Waals surface area contributed by atoms with Crippen LogP contribution < -0.4 is 5.32 Å². The highest BCUT2D eigenvalue weighted by atomic mass is 19.4. The summed E-state index contributed by atoms with van der Waals surface area (Å²) >= 11 is 0. The largest absolute Gasteiger partial charge is 0.435 e. The van der Waals surface area contributed by atoms with Crippen LogP contribution in [0, 0.1) is 13.8 Å². The number of piperidine rings is 1. The van der Waals surface area contributed by atoms with E-state index < -0.39 is 17.8 Å². The average Bonchev–Trinajstić information content (AvgIpc) is 2.99. The first kappa shape index (κ1) is 20.4. The minimum Gasteiger partial charge on any atom is -0.348 e. The van der Waals surface area contributed by atoms with E-state index in [1.807, 2.05) is 38.2 Å². The van der Waals surface area contributed by atoms with Gasteiger partial charge in [-0.15, -0.1) is 0 Å². The second-order valence-electron chi connectivity index (χ2n) is 7.48. The van der Waals surface area contributed by atoms with Gasteiger partial charge >= 0.3 is 6.18 Å². The summed E-state index contributed by atoms with van der Waals surface area (Å²) in [6.07, 6.45) is -3.06. The predicted molar refractivity (Wildman–Crippen MR) is 100 cm³/mol. The van der Waals surface area contributed by atoms with Crippen LogP contribution in [0.5, 0.6) is 0 Å². The summed E-state index contributed by atoms with van der Waals surface area (Å²) in [6, 6.07) is 7.30. The van der Waals surface area contributed by atoms with E-state index in [0.29, 0.717) is 6.54 Å². The summed E-state index contributed by atoms with van der Waals surface area (Å²) in [7, 11) is 1.94. The third kappa shape index (κ3) is 4.38. The Balaban J connectivity index is 1.87. The second-order valence-corrected chi connectivity index (χ2v) is 7.48. The maximum Gasteiger partial charge on any atom is 0.435 e. The van der Waals surface area contributed by atoms with Gasteiger partial charge in [-0.25, -0.2) is 0 Å². The van der Waals surface area contributed by atoms with Gasteiger partial charge in [0.2, 0.25) is 0 Å². The van der Waals surface area contributed by atoms with Crippen molar-refractivity contribution in [1.29, 1.82) is 0 Å². The molecule has 1 amide bonds. The first-order valence-corrected chi connectivity index (χ1v) is 9.35. The first-order chi connectivity index (χ1) is 13.2. The molecule has 0 spiro atoms. The molecule has 1 unspecified atom stereocenters. The van der Waals surface area contributed by atoms with Crippen molar-refractivity contribution in [1.82, 2.24) is 20.0 Å². The lowest BCUT2D eigenvalue weighted by atomic mass is 10.1. The fourth-order valence-electron chi connectivity index (χ4n) is 3.66. The molecule has 1 aromatic carbocycles. The summed E-state index contributed by atoms with van der Waals surface area (Å²) in [4.78, 5) is 14.7. The van der Waals surface area contributed by atoms with Gasteiger partial charge in [0, 0.05) is 18.8 Å². The molecule has 2 aromatic rings. The van der Waals surface area contributed by atoms with Crippen molar-refractivity contribution < 1.29 is 18.0 Å². The molecule has 2 heterocycles. The van der Waals surface area contributed by atoms with Crippen LogP contribution in [0.4, 0.5) is 13.2 Å². The number of benzene rings is 1. The van der Waals surface area contributed by atoms with Gasteiger partial charge in [-0.2, -0.15) is 18.3 Å². The molecule has 1 atom stereocenters. The molecule has 1 N–H and O–H groups in total. The summed E-state index contributed by atoms with van der Waals surface area (Å²) in [5.74, 6) is -0.749. The van der Waals surface area contributed by atoms with Crippen molar-refractivity contribution in [3.05, 3.63) is 52.3 Å². The number of rotatable bonds is 4. The summed E-state index contributed by atoms with van der Waals surface area (Å²) in [5, 5.41) is 6.44. The average molecular weight is 394 g/mol. The van der Waals surface area contributed by atoms with Gasteiger partial charge in [-0.05, 0) is 45.8 Å². The number of hydrogen-bond acceptors (Lipinski definition) is 3. The number of carbonyl (C=O) groups excluding carboxylic acids is 1. The summed E-state index contributed by atoms with van der Waals surface area (Å²) in [5.41, 5.74) is 0.664. The first-order valence-electron chi connectivity index (χ1n) is 9.35. The fraction of sp³-hybridized carbons (Fsp3) is 0.500. The molecule has 0 radical (unpaired) electrons. The van der Waals surface area contributed by atoms with Gasteiger partial charge in [0.05, 0.1) is 11.6 Å². The number of hydrogen-bond donors (Lipinski definition) is 1. The lowest BCUT2D eigenvalue weighted by molar-refractivity contribution is -0.142. The molecule has 0 saturated carbocycles. The number of aromatic nitrogens is 2. The highest BCUT2D eigenvalue weighted by Gasteiger charge is 2.41. The third-order valence-corrected chi connectivity index (χ3v) is 5.16. The second kappa shape index (κ2) is 7.95. The van der Waals surface area contributed by atoms with Gasteiger partial charge in [-0.1, -0.05) is 29.8 Å². The maximum absolute atomic E-state index is 13.6. The molecule has 1 fully saturated rings. The van der Waals surface area contributed by atoms with E-state index in [2.05, 4.69) is 15.3 Å². The number of halogens is 3. The maximum atomic E-state index is 13.6. The van der Waals surface area contributed by atoms with Crippen molar-refractivity contribution in [2.75, 3.05) is 20.1 Å². The van der Waals surface area contributed by atoms with E-state index in [0.717, 1.165) is 30.5 Å².